The van der Waals surface area contributed by atoms with E-state index in [1.165, 1.54) is 4.90 Å². The number of hydrogen-bond acceptors (Lipinski definition) is 7. The average molecular weight is 289 g/mol. The van der Waals surface area contributed by atoms with Gasteiger partial charge < -0.3 is 15.8 Å². The van der Waals surface area contributed by atoms with Crippen LogP contribution in [0.3, 0.4) is 0 Å². The van der Waals surface area contributed by atoms with Crippen molar-refractivity contribution in [3.05, 3.63) is 30.0 Å². The second kappa shape index (κ2) is 5.12. The van der Waals surface area contributed by atoms with Gasteiger partial charge in [-0.1, -0.05) is 6.07 Å². The summed E-state index contributed by atoms with van der Waals surface area (Å²) in [7, 11) is 0. The SMILES string of the molecule is Nc1nonc1C(=O)Nc1cccc(N2CCOC2=O)c1. The highest BCUT2D eigenvalue weighted by Crippen LogP contribution is 2.22. The first-order valence-electron chi connectivity index (χ1n) is 6.09. The Bertz CT molecular complexity index is 698. The minimum absolute atomic E-state index is 0.0909. The molecule has 9 heteroatoms. The van der Waals surface area contributed by atoms with Crippen LogP contribution in [0.4, 0.5) is 22.0 Å². The molecule has 0 saturated carbocycles. The summed E-state index contributed by atoms with van der Waals surface area (Å²) in [5, 5.41) is 9.35. The number of ether oxygens (including phenoxy) is 1. The Balaban J connectivity index is 1.79. The van der Waals surface area contributed by atoms with Crippen molar-refractivity contribution in [1.29, 1.82) is 0 Å². The number of nitrogens with zero attached hydrogens (tertiary/aromatic N) is 3. The molecule has 1 aliphatic heterocycles. The summed E-state index contributed by atoms with van der Waals surface area (Å²) in [5.41, 5.74) is 6.46. The topological polar surface area (TPSA) is 124 Å². The van der Waals surface area contributed by atoms with Crippen LogP contribution < -0.4 is 16.0 Å². The first-order valence-corrected chi connectivity index (χ1v) is 6.09. The molecule has 0 radical (unpaired) electrons. The molecule has 2 amide bonds. The molecule has 3 rings (SSSR count). The molecule has 0 atom stereocenters. The van der Waals surface area contributed by atoms with E-state index in [0.717, 1.165) is 0 Å². The zero-order chi connectivity index (χ0) is 14.8. The Morgan fingerprint density at radius 3 is 2.90 bits per heavy atom. The van der Waals surface area contributed by atoms with Gasteiger partial charge in [0.05, 0.1) is 6.54 Å². The predicted octanol–water partition coefficient (Wildman–Crippen LogP) is 0.861. The molecule has 2 heterocycles. The number of hydrogen-bond donors (Lipinski definition) is 2. The highest BCUT2D eigenvalue weighted by molar-refractivity contribution is 6.05. The average Bonchev–Trinajstić information content (AvgIpc) is 3.07. The maximum absolute atomic E-state index is 11.9. The zero-order valence-corrected chi connectivity index (χ0v) is 10.8. The summed E-state index contributed by atoms with van der Waals surface area (Å²) in [6.07, 6.45) is -0.413. The third-order valence-corrected chi connectivity index (χ3v) is 2.91. The fourth-order valence-electron chi connectivity index (χ4n) is 1.92. The fraction of sp³-hybridized carbons (Fsp3) is 0.167. The Hall–Kier alpha value is -3.10. The van der Waals surface area contributed by atoms with E-state index in [1.54, 1.807) is 24.3 Å². The summed E-state index contributed by atoms with van der Waals surface area (Å²) in [5.74, 6) is -0.637. The quantitative estimate of drug-likeness (QED) is 0.858. The van der Waals surface area contributed by atoms with Crippen molar-refractivity contribution < 1.29 is 19.0 Å². The van der Waals surface area contributed by atoms with Crippen LogP contribution in [0.5, 0.6) is 0 Å². The molecule has 1 aliphatic rings. The van der Waals surface area contributed by atoms with Gasteiger partial charge in [-0.25, -0.2) is 9.42 Å². The molecule has 3 N–H and O–H groups in total. The van der Waals surface area contributed by atoms with E-state index in [9.17, 15) is 9.59 Å². The molecule has 9 nitrogen and oxygen atoms in total. The summed E-state index contributed by atoms with van der Waals surface area (Å²) in [6, 6.07) is 6.77. The standard InChI is InChI=1S/C12H11N5O4/c13-10-9(15-21-16-10)11(18)14-7-2-1-3-8(6-7)17-4-5-20-12(17)19/h1-3,6H,4-5H2,(H2,13,16)(H,14,18). The number of nitrogens with two attached hydrogens (primary N) is 1. The van der Waals surface area contributed by atoms with Crippen LogP contribution in [0.2, 0.25) is 0 Å². The largest absolute Gasteiger partial charge is 0.447 e. The molecule has 2 aromatic rings. The van der Waals surface area contributed by atoms with Gasteiger partial charge in [0, 0.05) is 11.4 Å². The van der Waals surface area contributed by atoms with Gasteiger partial charge >= 0.3 is 6.09 Å². The van der Waals surface area contributed by atoms with Gasteiger partial charge in [-0.15, -0.1) is 0 Å². The van der Waals surface area contributed by atoms with E-state index in [1.807, 2.05) is 0 Å². The Morgan fingerprint density at radius 2 is 2.24 bits per heavy atom. The lowest BCUT2D eigenvalue weighted by Gasteiger charge is -2.13. The van der Waals surface area contributed by atoms with Crippen molar-refractivity contribution >= 4 is 29.2 Å². The molecule has 0 spiro atoms. The Morgan fingerprint density at radius 1 is 1.38 bits per heavy atom. The third kappa shape index (κ3) is 2.48. The van der Waals surface area contributed by atoms with Crippen LogP contribution in [0.1, 0.15) is 10.5 Å². The molecule has 1 fully saturated rings. The maximum atomic E-state index is 11.9. The van der Waals surface area contributed by atoms with Gasteiger partial charge in [0.1, 0.15) is 6.61 Å². The van der Waals surface area contributed by atoms with Crippen molar-refractivity contribution in [3.63, 3.8) is 0 Å². The van der Waals surface area contributed by atoms with Crippen LogP contribution in [-0.2, 0) is 4.74 Å². The van der Waals surface area contributed by atoms with Crippen molar-refractivity contribution in [2.24, 2.45) is 0 Å². The summed E-state index contributed by atoms with van der Waals surface area (Å²) in [4.78, 5) is 24.9. The number of amides is 2. The van der Waals surface area contributed by atoms with Gasteiger partial charge in [0.25, 0.3) is 5.91 Å². The monoisotopic (exact) mass is 289 g/mol. The highest BCUT2D eigenvalue weighted by atomic mass is 16.6. The summed E-state index contributed by atoms with van der Waals surface area (Å²) >= 11 is 0. The number of nitrogens with one attached hydrogen (secondary N) is 1. The van der Waals surface area contributed by atoms with E-state index in [4.69, 9.17) is 10.5 Å². The fourth-order valence-corrected chi connectivity index (χ4v) is 1.92. The van der Waals surface area contributed by atoms with Gasteiger partial charge in [-0.3, -0.25) is 9.69 Å². The summed E-state index contributed by atoms with van der Waals surface area (Å²) < 4.78 is 9.24. The van der Waals surface area contributed by atoms with Gasteiger partial charge in [0.2, 0.25) is 11.5 Å². The second-order valence-corrected chi connectivity index (χ2v) is 4.27. The molecule has 1 aromatic carbocycles. The zero-order valence-electron chi connectivity index (χ0n) is 10.8. The van der Waals surface area contributed by atoms with Crippen molar-refractivity contribution in [3.8, 4) is 0 Å². The normalized spacial score (nSPS) is 14.1. The second-order valence-electron chi connectivity index (χ2n) is 4.27. The minimum Gasteiger partial charge on any atom is -0.447 e. The van der Waals surface area contributed by atoms with E-state index in [-0.39, 0.29) is 11.5 Å². The van der Waals surface area contributed by atoms with Crippen LogP contribution in [0.25, 0.3) is 0 Å². The number of carbonyl (C=O) groups excluding carboxylic acids is 2. The van der Waals surface area contributed by atoms with Gasteiger partial charge in [-0.2, -0.15) is 0 Å². The Kier molecular flexibility index (Phi) is 3.14. The van der Waals surface area contributed by atoms with Gasteiger partial charge in [0.15, 0.2) is 0 Å². The van der Waals surface area contributed by atoms with E-state index in [2.05, 4.69) is 20.3 Å². The number of benzene rings is 1. The first-order chi connectivity index (χ1) is 10.1. The van der Waals surface area contributed by atoms with Gasteiger partial charge in [-0.05, 0) is 28.5 Å². The van der Waals surface area contributed by atoms with Crippen LogP contribution in [0, 0.1) is 0 Å². The van der Waals surface area contributed by atoms with Crippen molar-refractivity contribution in [2.45, 2.75) is 0 Å². The number of aromatic nitrogens is 2. The number of carbonyl (C=O) groups is 2. The minimum atomic E-state index is -0.546. The maximum Gasteiger partial charge on any atom is 0.414 e. The summed E-state index contributed by atoms with van der Waals surface area (Å²) in [6.45, 7) is 0.812. The lowest BCUT2D eigenvalue weighted by atomic mass is 10.2. The van der Waals surface area contributed by atoms with Crippen LogP contribution >= 0.6 is 0 Å². The van der Waals surface area contributed by atoms with Crippen molar-refractivity contribution in [2.75, 3.05) is 29.1 Å². The van der Waals surface area contributed by atoms with Crippen LogP contribution in [0.15, 0.2) is 28.9 Å². The molecule has 0 bridgehead atoms. The Labute approximate surface area is 118 Å². The predicted molar refractivity (Wildman–Crippen MR) is 71.8 cm³/mol. The molecule has 21 heavy (non-hydrogen) atoms. The molecule has 1 aromatic heterocycles. The number of cyclic esters (lactones) is 1. The molecular formula is C12H11N5O4. The number of rotatable bonds is 3. The first kappa shape index (κ1) is 12.9. The molecule has 0 aliphatic carbocycles. The molecule has 0 unspecified atom stereocenters. The molecular weight excluding hydrogens is 278 g/mol. The van der Waals surface area contributed by atoms with E-state index < -0.39 is 12.0 Å². The van der Waals surface area contributed by atoms with E-state index in [0.29, 0.717) is 24.5 Å². The smallest absolute Gasteiger partial charge is 0.414 e. The van der Waals surface area contributed by atoms with Crippen molar-refractivity contribution in [1.82, 2.24) is 10.3 Å². The number of anilines is 3. The lowest BCUT2D eigenvalue weighted by molar-refractivity contribution is 0.101. The third-order valence-electron chi connectivity index (χ3n) is 2.91. The highest BCUT2D eigenvalue weighted by Gasteiger charge is 2.24. The van der Waals surface area contributed by atoms with Crippen LogP contribution in [-0.4, -0.2) is 35.5 Å². The molecule has 1 saturated heterocycles. The molecule has 108 valence electrons. The number of nitrogen functional groups attached to an aromatic ring is 1. The lowest BCUT2D eigenvalue weighted by Crippen LogP contribution is -2.23. The van der Waals surface area contributed by atoms with E-state index >= 15 is 0 Å².